The predicted molar refractivity (Wildman–Crippen MR) is 140 cm³/mol. The summed E-state index contributed by atoms with van der Waals surface area (Å²) >= 11 is 0. The second-order valence-corrected chi connectivity index (χ2v) is 9.87. The van der Waals surface area contributed by atoms with Gasteiger partial charge in [-0.3, -0.25) is 24.3 Å². The van der Waals surface area contributed by atoms with Crippen molar-refractivity contribution in [3.8, 4) is 0 Å². The van der Waals surface area contributed by atoms with Gasteiger partial charge in [-0.25, -0.2) is 0 Å². The van der Waals surface area contributed by atoms with E-state index < -0.39 is 6.04 Å². The van der Waals surface area contributed by atoms with Gasteiger partial charge in [0.2, 0.25) is 5.91 Å². The molecular formula is C28H31N5O3. The van der Waals surface area contributed by atoms with E-state index in [1.165, 1.54) is 0 Å². The number of pyridine rings is 1. The minimum absolute atomic E-state index is 0.0702. The van der Waals surface area contributed by atoms with Crippen LogP contribution in [0.3, 0.4) is 0 Å². The number of nitrogens with zero attached hydrogens (tertiary/aromatic N) is 2. The molecule has 1 unspecified atom stereocenters. The fourth-order valence-electron chi connectivity index (χ4n) is 4.06. The zero-order chi connectivity index (χ0) is 25.9. The molecule has 2 aromatic carbocycles. The topological polar surface area (TPSA) is 117 Å². The molecule has 4 N–H and O–H groups in total. The van der Waals surface area contributed by atoms with Crippen LogP contribution >= 0.6 is 0 Å². The zero-order valence-electron chi connectivity index (χ0n) is 20.7. The number of carbonyl (C=O) groups excluding carboxylic acids is 3. The van der Waals surface area contributed by atoms with Gasteiger partial charge in [-0.05, 0) is 54.8 Å². The smallest absolute Gasteiger partial charge is 0.259 e. The van der Waals surface area contributed by atoms with Crippen molar-refractivity contribution < 1.29 is 14.4 Å². The van der Waals surface area contributed by atoms with Crippen LogP contribution in [0.15, 0.2) is 67.0 Å². The lowest BCUT2D eigenvalue weighted by atomic mass is 9.94. The fraction of sp³-hybridized carbons (Fsp3) is 0.286. The summed E-state index contributed by atoms with van der Waals surface area (Å²) in [5.41, 5.74) is 9.21. The van der Waals surface area contributed by atoms with Crippen molar-refractivity contribution in [3.05, 3.63) is 89.2 Å². The van der Waals surface area contributed by atoms with Crippen molar-refractivity contribution in [3.63, 3.8) is 0 Å². The second-order valence-electron chi connectivity index (χ2n) is 9.87. The summed E-state index contributed by atoms with van der Waals surface area (Å²) in [6.07, 6.45) is 3.19. The lowest BCUT2D eigenvalue weighted by molar-refractivity contribution is -0.116. The first-order valence-corrected chi connectivity index (χ1v) is 11.9. The molecule has 3 aromatic rings. The number of aromatic nitrogens is 1. The van der Waals surface area contributed by atoms with Crippen LogP contribution < -0.4 is 21.3 Å². The van der Waals surface area contributed by atoms with Gasteiger partial charge in [-0.15, -0.1) is 0 Å². The first-order chi connectivity index (χ1) is 17.2. The van der Waals surface area contributed by atoms with Gasteiger partial charge < -0.3 is 16.4 Å². The number of benzene rings is 2. The molecule has 2 heterocycles. The van der Waals surface area contributed by atoms with E-state index in [4.69, 9.17) is 5.73 Å². The van der Waals surface area contributed by atoms with Gasteiger partial charge in [0.25, 0.3) is 11.8 Å². The molecule has 1 aliphatic rings. The van der Waals surface area contributed by atoms with Crippen LogP contribution in [-0.4, -0.2) is 35.8 Å². The van der Waals surface area contributed by atoms with Crippen LogP contribution in [0.1, 0.15) is 58.2 Å². The molecular weight excluding hydrogens is 454 g/mol. The number of hydrogen-bond donors (Lipinski definition) is 3. The number of anilines is 2. The Kier molecular flexibility index (Phi) is 7.17. The Labute approximate surface area is 210 Å². The number of hydrogen-bond acceptors (Lipinski definition) is 5. The average molecular weight is 486 g/mol. The van der Waals surface area contributed by atoms with Gasteiger partial charge >= 0.3 is 0 Å². The van der Waals surface area contributed by atoms with E-state index in [2.05, 4.69) is 15.6 Å². The number of amides is 3. The molecule has 8 nitrogen and oxygen atoms in total. The molecule has 8 heteroatoms. The molecule has 1 aromatic heterocycles. The summed E-state index contributed by atoms with van der Waals surface area (Å²) < 4.78 is 0. The summed E-state index contributed by atoms with van der Waals surface area (Å²) in [5.74, 6) is -0.781. The lowest BCUT2D eigenvalue weighted by Crippen LogP contribution is -2.38. The Bertz CT molecular complexity index is 1270. The van der Waals surface area contributed by atoms with Gasteiger partial charge in [0, 0.05) is 30.1 Å². The minimum Gasteiger partial charge on any atom is -0.351 e. The highest BCUT2D eigenvalue weighted by Crippen LogP contribution is 2.39. The maximum absolute atomic E-state index is 13.8. The highest BCUT2D eigenvalue weighted by Gasteiger charge is 2.34. The number of nitrogens with one attached hydrogen (secondary N) is 2. The molecule has 0 saturated heterocycles. The summed E-state index contributed by atoms with van der Waals surface area (Å²) in [6.45, 7) is 6.77. The quantitative estimate of drug-likeness (QED) is 0.490. The van der Waals surface area contributed by atoms with E-state index >= 15 is 0 Å². The third kappa shape index (κ3) is 5.44. The van der Waals surface area contributed by atoms with Gasteiger partial charge in [0.15, 0.2) is 0 Å². The van der Waals surface area contributed by atoms with Crippen molar-refractivity contribution in [2.75, 3.05) is 23.3 Å². The number of aryl methyl sites for hydroxylation is 1. The molecule has 0 aliphatic carbocycles. The summed E-state index contributed by atoms with van der Waals surface area (Å²) in [4.78, 5) is 45.3. The van der Waals surface area contributed by atoms with E-state index in [0.717, 1.165) is 11.1 Å². The second kappa shape index (κ2) is 10.3. The van der Waals surface area contributed by atoms with E-state index in [1.807, 2.05) is 45.0 Å². The molecule has 1 aliphatic heterocycles. The van der Waals surface area contributed by atoms with E-state index in [1.54, 1.807) is 47.6 Å². The Morgan fingerprint density at radius 1 is 1.08 bits per heavy atom. The fourth-order valence-corrected chi connectivity index (χ4v) is 4.06. The molecule has 1 atom stereocenters. The molecule has 0 radical (unpaired) electrons. The van der Waals surface area contributed by atoms with Crippen molar-refractivity contribution in [1.29, 1.82) is 0 Å². The molecule has 0 bridgehead atoms. The van der Waals surface area contributed by atoms with E-state index in [-0.39, 0.29) is 29.6 Å². The molecule has 186 valence electrons. The highest BCUT2D eigenvalue weighted by atomic mass is 16.2. The predicted octanol–water partition coefficient (Wildman–Crippen LogP) is 3.84. The standard InChI is InChI=1S/C28H31N5O3/c1-18-4-6-19(7-5-18)24-15-25(34)32-22-14-21(26(35)31-17-28(2,3)16-29)8-9-23(22)33(24)27(36)20-10-12-30-13-11-20/h4-14,24H,15-17,29H2,1-3H3,(H,31,35)(H,32,34). The number of carbonyl (C=O) groups is 3. The van der Waals surface area contributed by atoms with Crippen molar-refractivity contribution in [2.45, 2.75) is 33.2 Å². The summed E-state index contributed by atoms with van der Waals surface area (Å²) in [7, 11) is 0. The van der Waals surface area contributed by atoms with Crippen LogP contribution in [0.5, 0.6) is 0 Å². The van der Waals surface area contributed by atoms with Crippen LogP contribution in [0.2, 0.25) is 0 Å². The van der Waals surface area contributed by atoms with E-state index in [9.17, 15) is 14.4 Å². The molecule has 4 rings (SSSR count). The van der Waals surface area contributed by atoms with E-state index in [0.29, 0.717) is 35.6 Å². The van der Waals surface area contributed by atoms with Crippen LogP contribution in [-0.2, 0) is 4.79 Å². The van der Waals surface area contributed by atoms with Crippen molar-refractivity contribution in [2.24, 2.45) is 11.1 Å². The lowest BCUT2D eigenvalue weighted by Gasteiger charge is -2.31. The molecule has 0 spiro atoms. The Hall–Kier alpha value is -4.04. The van der Waals surface area contributed by atoms with Crippen LogP contribution in [0.4, 0.5) is 11.4 Å². The number of fused-ring (bicyclic) bond motifs is 1. The Morgan fingerprint density at radius 3 is 2.44 bits per heavy atom. The van der Waals surface area contributed by atoms with Gasteiger partial charge in [-0.2, -0.15) is 0 Å². The third-order valence-electron chi connectivity index (χ3n) is 6.37. The molecule has 0 fully saturated rings. The van der Waals surface area contributed by atoms with Crippen LogP contribution in [0.25, 0.3) is 0 Å². The summed E-state index contributed by atoms with van der Waals surface area (Å²) in [5, 5.41) is 5.81. The molecule has 3 amide bonds. The van der Waals surface area contributed by atoms with Gasteiger partial charge in [0.1, 0.15) is 0 Å². The maximum Gasteiger partial charge on any atom is 0.259 e. The van der Waals surface area contributed by atoms with Gasteiger partial charge in [0.05, 0.1) is 23.8 Å². The zero-order valence-corrected chi connectivity index (χ0v) is 20.7. The molecule has 0 saturated carbocycles. The highest BCUT2D eigenvalue weighted by molar-refractivity contribution is 6.12. The normalized spacial score (nSPS) is 15.5. The van der Waals surface area contributed by atoms with Gasteiger partial charge in [-0.1, -0.05) is 43.7 Å². The first-order valence-electron chi connectivity index (χ1n) is 11.9. The Balaban J connectivity index is 1.76. The first kappa shape index (κ1) is 25.1. The third-order valence-corrected chi connectivity index (χ3v) is 6.37. The average Bonchev–Trinajstić information content (AvgIpc) is 3.03. The number of rotatable bonds is 6. The largest absolute Gasteiger partial charge is 0.351 e. The molecule has 36 heavy (non-hydrogen) atoms. The minimum atomic E-state index is -0.530. The van der Waals surface area contributed by atoms with Crippen LogP contribution in [0, 0.1) is 12.3 Å². The van der Waals surface area contributed by atoms with Crippen molar-refractivity contribution >= 4 is 29.1 Å². The number of nitrogens with two attached hydrogens (primary N) is 1. The SMILES string of the molecule is Cc1ccc(C2CC(=O)Nc3cc(C(=O)NCC(C)(C)CN)ccc3N2C(=O)c2ccncc2)cc1. The summed E-state index contributed by atoms with van der Waals surface area (Å²) in [6, 6.07) is 15.6. The monoisotopic (exact) mass is 485 g/mol. The Morgan fingerprint density at radius 2 is 1.78 bits per heavy atom. The maximum atomic E-state index is 13.8. The van der Waals surface area contributed by atoms with Crippen molar-refractivity contribution in [1.82, 2.24) is 10.3 Å².